The quantitative estimate of drug-likeness (QED) is 0.816. The minimum Gasteiger partial charge on any atom is -0.469 e. The first-order chi connectivity index (χ1) is 8.13. The van der Waals surface area contributed by atoms with E-state index in [2.05, 4.69) is 10.1 Å². The zero-order valence-electron chi connectivity index (χ0n) is 9.60. The fourth-order valence-electron chi connectivity index (χ4n) is 1.71. The van der Waals surface area contributed by atoms with Gasteiger partial charge in [-0.2, -0.15) is 0 Å². The maximum absolute atomic E-state index is 11.9. The van der Waals surface area contributed by atoms with Crippen LogP contribution in [-0.2, 0) is 14.3 Å². The first kappa shape index (κ1) is 12.0. The molecular formula is C12H13NO3S. The van der Waals surface area contributed by atoms with Crippen molar-refractivity contribution in [3.05, 3.63) is 24.3 Å². The summed E-state index contributed by atoms with van der Waals surface area (Å²) in [5.74, 6) is -0.970. The molecule has 0 aliphatic carbocycles. The van der Waals surface area contributed by atoms with Crippen LogP contribution >= 0.6 is 11.8 Å². The van der Waals surface area contributed by atoms with Crippen LogP contribution in [0.5, 0.6) is 0 Å². The van der Waals surface area contributed by atoms with E-state index in [4.69, 9.17) is 0 Å². The summed E-state index contributed by atoms with van der Waals surface area (Å²) in [6, 6.07) is 7.54. The number of thioether (sulfide) groups is 1. The molecule has 0 fully saturated rings. The lowest BCUT2D eigenvalue weighted by molar-refractivity contribution is -0.145. The highest BCUT2D eigenvalue weighted by molar-refractivity contribution is 8.01. The average Bonchev–Trinajstić information content (AvgIpc) is 2.36. The first-order valence-electron chi connectivity index (χ1n) is 5.28. The van der Waals surface area contributed by atoms with E-state index in [1.54, 1.807) is 6.92 Å². The molecule has 1 aliphatic rings. The van der Waals surface area contributed by atoms with Gasteiger partial charge in [-0.3, -0.25) is 9.59 Å². The summed E-state index contributed by atoms with van der Waals surface area (Å²) in [5, 5.41) is 2.37. The molecule has 0 saturated carbocycles. The van der Waals surface area contributed by atoms with Crippen LogP contribution in [0.25, 0.3) is 0 Å². The fraction of sp³-hybridized carbons (Fsp3) is 0.333. The topological polar surface area (TPSA) is 55.4 Å². The van der Waals surface area contributed by atoms with E-state index in [-0.39, 0.29) is 11.9 Å². The molecule has 1 aromatic rings. The fourth-order valence-corrected chi connectivity index (χ4v) is 2.86. The van der Waals surface area contributed by atoms with Crippen LogP contribution in [0.3, 0.4) is 0 Å². The minimum absolute atomic E-state index is 0.147. The zero-order chi connectivity index (χ0) is 12.4. The molecule has 0 saturated heterocycles. The molecular weight excluding hydrogens is 238 g/mol. The van der Waals surface area contributed by atoms with Crippen LogP contribution in [-0.4, -0.2) is 24.2 Å². The van der Waals surface area contributed by atoms with Gasteiger partial charge in [-0.05, 0) is 12.1 Å². The summed E-state index contributed by atoms with van der Waals surface area (Å²) in [5.41, 5.74) is 0.802. The number of hydrogen-bond donors (Lipinski definition) is 1. The molecule has 1 aromatic carbocycles. The van der Waals surface area contributed by atoms with Crippen molar-refractivity contribution in [2.75, 3.05) is 12.4 Å². The number of rotatable bonds is 2. The van der Waals surface area contributed by atoms with Gasteiger partial charge in [-0.15, -0.1) is 11.8 Å². The Labute approximate surface area is 104 Å². The van der Waals surface area contributed by atoms with E-state index >= 15 is 0 Å². The van der Waals surface area contributed by atoms with Gasteiger partial charge in [-0.25, -0.2) is 0 Å². The highest BCUT2D eigenvalue weighted by Gasteiger charge is 2.35. The van der Waals surface area contributed by atoms with Gasteiger partial charge >= 0.3 is 5.97 Å². The Bertz CT molecular complexity index is 461. The van der Waals surface area contributed by atoms with E-state index in [9.17, 15) is 9.59 Å². The third-order valence-corrected chi connectivity index (χ3v) is 4.17. The van der Waals surface area contributed by atoms with E-state index in [1.807, 2.05) is 24.3 Å². The van der Waals surface area contributed by atoms with Crippen LogP contribution in [0.15, 0.2) is 29.2 Å². The summed E-state index contributed by atoms with van der Waals surface area (Å²) in [4.78, 5) is 24.3. The molecule has 1 amide bonds. The molecule has 1 aliphatic heterocycles. The number of ether oxygens (including phenoxy) is 1. The van der Waals surface area contributed by atoms with Crippen molar-refractivity contribution in [2.24, 2.45) is 5.92 Å². The number of hydrogen-bond acceptors (Lipinski definition) is 4. The Hall–Kier alpha value is -1.49. The number of nitrogens with one attached hydrogen (secondary N) is 1. The van der Waals surface area contributed by atoms with Crippen molar-refractivity contribution in [2.45, 2.75) is 17.1 Å². The lowest BCUT2D eigenvalue weighted by atomic mass is 10.1. The van der Waals surface area contributed by atoms with Gasteiger partial charge in [-0.1, -0.05) is 19.1 Å². The van der Waals surface area contributed by atoms with Crippen LogP contribution < -0.4 is 5.32 Å². The van der Waals surface area contributed by atoms with E-state index in [0.717, 1.165) is 10.6 Å². The molecule has 0 radical (unpaired) electrons. The Morgan fingerprint density at radius 2 is 2.18 bits per heavy atom. The molecule has 5 heteroatoms. The van der Waals surface area contributed by atoms with Crippen molar-refractivity contribution in [1.82, 2.24) is 0 Å². The summed E-state index contributed by atoms with van der Waals surface area (Å²) >= 11 is 1.40. The summed E-state index contributed by atoms with van der Waals surface area (Å²) in [6.45, 7) is 1.71. The van der Waals surface area contributed by atoms with Crippen LogP contribution in [0.1, 0.15) is 6.92 Å². The molecule has 1 N–H and O–H groups in total. The van der Waals surface area contributed by atoms with E-state index in [0.29, 0.717) is 0 Å². The lowest BCUT2D eigenvalue weighted by Crippen LogP contribution is -2.37. The van der Waals surface area contributed by atoms with Gasteiger partial charge in [0.1, 0.15) is 5.25 Å². The predicted molar refractivity (Wildman–Crippen MR) is 65.9 cm³/mol. The first-order valence-corrected chi connectivity index (χ1v) is 6.16. The maximum atomic E-state index is 11.9. The largest absolute Gasteiger partial charge is 0.469 e. The van der Waals surface area contributed by atoms with Crippen LogP contribution in [0.2, 0.25) is 0 Å². The predicted octanol–water partition coefficient (Wildman–Crippen LogP) is 1.91. The van der Waals surface area contributed by atoms with Gasteiger partial charge in [0, 0.05) is 4.90 Å². The normalized spacial score (nSPS) is 20.1. The number of fused-ring (bicyclic) bond motifs is 1. The third kappa shape index (κ3) is 2.29. The Morgan fingerprint density at radius 3 is 2.88 bits per heavy atom. The van der Waals surface area contributed by atoms with E-state index in [1.165, 1.54) is 18.9 Å². The van der Waals surface area contributed by atoms with Crippen LogP contribution in [0, 0.1) is 5.92 Å². The van der Waals surface area contributed by atoms with Crippen LogP contribution in [0.4, 0.5) is 5.69 Å². The van der Waals surface area contributed by atoms with Crippen molar-refractivity contribution >= 4 is 29.3 Å². The van der Waals surface area contributed by atoms with Gasteiger partial charge in [0.15, 0.2) is 0 Å². The van der Waals surface area contributed by atoms with E-state index < -0.39 is 11.2 Å². The number of esters is 1. The van der Waals surface area contributed by atoms with Crippen molar-refractivity contribution in [1.29, 1.82) is 0 Å². The Kier molecular flexibility index (Phi) is 3.38. The SMILES string of the molecule is COC(=O)[C@H](C)[C@H]1Sc2ccccc2NC1=O. The number of carbonyl (C=O) groups is 2. The second-order valence-electron chi connectivity index (χ2n) is 3.84. The molecule has 90 valence electrons. The number of para-hydroxylation sites is 1. The molecule has 1 heterocycles. The monoisotopic (exact) mass is 251 g/mol. The third-order valence-electron chi connectivity index (χ3n) is 2.68. The zero-order valence-corrected chi connectivity index (χ0v) is 10.4. The smallest absolute Gasteiger partial charge is 0.310 e. The molecule has 0 aromatic heterocycles. The second-order valence-corrected chi connectivity index (χ2v) is 5.02. The second kappa shape index (κ2) is 4.79. The summed E-state index contributed by atoms with van der Waals surface area (Å²) in [7, 11) is 1.33. The Balaban J connectivity index is 2.23. The molecule has 4 nitrogen and oxygen atoms in total. The van der Waals surface area contributed by atoms with Crippen molar-refractivity contribution in [3.63, 3.8) is 0 Å². The Morgan fingerprint density at radius 1 is 1.47 bits per heavy atom. The number of benzene rings is 1. The lowest BCUT2D eigenvalue weighted by Gasteiger charge is -2.26. The van der Waals surface area contributed by atoms with Gasteiger partial charge < -0.3 is 10.1 Å². The van der Waals surface area contributed by atoms with Gasteiger partial charge in [0.25, 0.3) is 0 Å². The number of amides is 1. The van der Waals surface area contributed by atoms with Gasteiger partial charge in [0.05, 0.1) is 18.7 Å². The molecule has 17 heavy (non-hydrogen) atoms. The number of methoxy groups -OCH3 is 1. The molecule has 2 rings (SSSR count). The van der Waals surface area contributed by atoms with Gasteiger partial charge in [0.2, 0.25) is 5.91 Å². The average molecular weight is 251 g/mol. The summed E-state index contributed by atoms with van der Waals surface area (Å²) in [6.07, 6.45) is 0. The molecule has 0 unspecified atom stereocenters. The molecule has 0 spiro atoms. The molecule has 2 atom stereocenters. The highest BCUT2D eigenvalue weighted by Crippen LogP contribution is 2.38. The molecule has 0 bridgehead atoms. The minimum atomic E-state index is -0.460. The highest BCUT2D eigenvalue weighted by atomic mass is 32.2. The number of carbonyl (C=O) groups excluding carboxylic acids is 2. The maximum Gasteiger partial charge on any atom is 0.310 e. The van der Waals surface area contributed by atoms with Crippen molar-refractivity contribution < 1.29 is 14.3 Å². The standard InChI is InChI=1S/C12H13NO3S/c1-7(12(15)16-2)10-11(14)13-8-5-3-4-6-9(8)17-10/h3-7,10H,1-2H3,(H,13,14)/t7-,10-/m1/s1. The number of anilines is 1. The summed E-state index contributed by atoms with van der Waals surface area (Å²) < 4.78 is 4.67. The van der Waals surface area contributed by atoms with Crippen molar-refractivity contribution in [3.8, 4) is 0 Å².